The van der Waals surface area contributed by atoms with Gasteiger partial charge in [0, 0.05) is 19.0 Å². The van der Waals surface area contributed by atoms with Gasteiger partial charge in [-0.1, -0.05) is 19.1 Å². The van der Waals surface area contributed by atoms with Crippen LogP contribution in [-0.2, 0) is 14.8 Å². The first-order chi connectivity index (χ1) is 11.7. The lowest BCUT2D eigenvalue weighted by Gasteiger charge is -2.42. The molecule has 2 saturated heterocycles. The van der Waals surface area contributed by atoms with Crippen LogP contribution in [0, 0.1) is 12.3 Å². The van der Waals surface area contributed by atoms with Gasteiger partial charge >= 0.3 is 5.97 Å². The van der Waals surface area contributed by atoms with Gasteiger partial charge in [0.15, 0.2) is 5.89 Å². The summed E-state index contributed by atoms with van der Waals surface area (Å²) < 4.78 is 32.3. The molecule has 1 N–H and O–H groups in total. The Balaban J connectivity index is 1.68. The fourth-order valence-corrected chi connectivity index (χ4v) is 6.02. The van der Waals surface area contributed by atoms with E-state index < -0.39 is 21.5 Å². The van der Waals surface area contributed by atoms with E-state index in [1.807, 2.05) is 6.92 Å². The second kappa shape index (κ2) is 4.92. The van der Waals surface area contributed by atoms with Crippen LogP contribution in [0.3, 0.4) is 0 Å². The molecule has 1 aromatic carbocycles. The van der Waals surface area contributed by atoms with Crippen LogP contribution in [0.2, 0.25) is 0 Å². The van der Waals surface area contributed by atoms with Crippen LogP contribution >= 0.6 is 0 Å². The maximum atomic E-state index is 13.0. The SMILES string of the molecule is Cc1nc(-c2ccc(S(=O)(=O)N3CC4(C)CC3(C(=O)O)C4)cc2)co1. The molecule has 1 aliphatic carbocycles. The minimum atomic E-state index is -3.87. The Morgan fingerprint density at radius 2 is 1.92 bits per heavy atom. The highest BCUT2D eigenvalue weighted by Gasteiger charge is 2.70. The van der Waals surface area contributed by atoms with Crippen molar-refractivity contribution in [2.45, 2.75) is 37.1 Å². The average Bonchev–Trinajstić information content (AvgIpc) is 3.18. The third-order valence-electron chi connectivity index (χ3n) is 5.20. The first-order valence-corrected chi connectivity index (χ1v) is 9.39. The van der Waals surface area contributed by atoms with Crippen molar-refractivity contribution < 1.29 is 22.7 Å². The number of rotatable bonds is 4. The van der Waals surface area contributed by atoms with Crippen molar-refractivity contribution in [1.29, 1.82) is 0 Å². The molecule has 0 unspecified atom stereocenters. The number of carboxylic acid groups (broad SMARTS) is 1. The number of sulfonamides is 1. The molecule has 3 fully saturated rings. The van der Waals surface area contributed by atoms with Gasteiger partial charge in [-0.15, -0.1) is 0 Å². The third-order valence-corrected chi connectivity index (χ3v) is 7.12. The van der Waals surface area contributed by atoms with Gasteiger partial charge in [-0.05, 0) is 30.4 Å². The summed E-state index contributed by atoms with van der Waals surface area (Å²) in [6, 6.07) is 6.28. The molecule has 132 valence electrons. The van der Waals surface area contributed by atoms with Gasteiger partial charge in [-0.3, -0.25) is 4.79 Å². The largest absolute Gasteiger partial charge is 0.480 e. The zero-order valence-electron chi connectivity index (χ0n) is 13.9. The maximum Gasteiger partial charge on any atom is 0.325 e. The quantitative estimate of drug-likeness (QED) is 0.895. The Kier molecular flexibility index (Phi) is 3.21. The second-order valence-electron chi connectivity index (χ2n) is 7.29. The smallest absolute Gasteiger partial charge is 0.325 e. The number of nitrogens with zero attached hydrogens (tertiary/aromatic N) is 2. The number of benzene rings is 1. The summed E-state index contributed by atoms with van der Waals surface area (Å²) in [7, 11) is -3.87. The van der Waals surface area contributed by atoms with Crippen LogP contribution in [0.15, 0.2) is 39.8 Å². The van der Waals surface area contributed by atoms with Gasteiger partial charge in [0.1, 0.15) is 17.5 Å². The molecule has 25 heavy (non-hydrogen) atoms. The zero-order chi connectivity index (χ0) is 18.0. The lowest BCUT2D eigenvalue weighted by molar-refractivity contribution is -0.151. The predicted octanol–water partition coefficient (Wildman–Crippen LogP) is 2.28. The van der Waals surface area contributed by atoms with Crippen molar-refractivity contribution in [3.63, 3.8) is 0 Å². The van der Waals surface area contributed by atoms with Crippen LogP contribution in [0.5, 0.6) is 0 Å². The first kappa shape index (κ1) is 16.3. The number of aryl methyl sites for hydroxylation is 1. The van der Waals surface area contributed by atoms with Gasteiger partial charge < -0.3 is 9.52 Å². The second-order valence-corrected chi connectivity index (χ2v) is 9.15. The van der Waals surface area contributed by atoms with E-state index in [0.717, 1.165) is 9.87 Å². The topological polar surface area (TPSA) is 101 Å². The molecule has 8 heteroatoms. The Morgan fingerprint density at radius 1 is 1.28 bits per heavy atom. The lowest BCUT2D eigenvalue weighted by atomic mass is 9.63. The summed E-state index contributed by atoms with van der Waals surface area (Å²) in [5, 5.41) is 9.58. The lowest BCUT2D eigenvalue weighted by Crippen LogP contribution is -2.56. The highest BCUT2D eigenvalue weighted by atomic mass is 32.2. The summed E-state index contributed by atoms with van der Waals surface area (Å²) in [5.41, 5.74) is -0.181. The number of aliphatic carboxylic acids is 1. The third kappa shape index (κ3) is 2.24. The van der Waals surface area contributed by atoms with Crippen molar-refractivity contribution in [3.05, 3.63) is 36.4 Å². The molecular formula is C17H18N2O5S. The molecule has 0 spiro atoms. The van der Waals surface area contributed by atoms with E-state index in [-0.39, 0.29) is 16.9 Å². The standard InChI is InChI=1S/C17H18N2O5S/c1-11-18-14(7-24-11)12-3-5-13(6-4-12)25(22,23)19-10-16(2)8-17(19,9-16)15(20)21/h3-7H,8-10H2,1-2H3,(H,20,21). The number of carbonyl (C=O) groups is 1. The van der Waals surface area contributed by atoms with Gasteiger partial charge in [-0.2, -0.15) is 4.31 Å². The van der Waals surface area contributed by atoms with Crippen LogP contribution in [0.4, 0.5) is 0 Å². The molecule has 5 rings (SSSR count). The molecule has 3 heterocycles. The summed E-state index contributed by atoms with van der Waals surface area (Å²) in [6.45, 7) is 3.90. The molecule has 2 aromatic rings. The number of aromatic nitrogens is 1. The van der Waals surface area contributed by atoms with E-state index in [1.54, 1.807) is 19.1 Å². The van der Waals surface area contributed by atoms with Gasteiger partial charge in [0.2, 0.25) is 10.0 Å². The number of oxazole rings is 1. The normalized spacial score (nSPS) is 28.7. The molecule has 0 radical (unpaired) electrons. The number of carboxylic acids is 1. The molecule has 2 aliphatic heterocycles. The molecule has 0 atom stereocenters. The van der Waals surface area contributed by atoms with Crippen molar-refractivity contribution in [1.82, 2.24) is 9.29 Å². The first-order valence-electron chi connectivity index (χ1n) is 7.95. The summed E-state index contributed by atoms with van der Waals surface area (Å²) >= 11 is 0. The zero-order valence-corrected chi connectivity index (χ0v) is 14.7. The molecule has 3 aliphatic rings. The molecule has 1 aromatic heterocycles. The van der Waals surface area contributed by atoms with Gasteiger partial charge in [-0.25, -0.2) is 13.4 Å². The van der Waals surface area contributed by atoms with E-state index in [1.165, 1.54) is 18.4 Å². The van der Waals surface area contributed by atoms with Crippen LogP contribution < -0.4 is 0 Å². The average molecular weight is 362 g/mol. The predicted molar refractivity (Wildman–Crippen MR) is 88.3 cm³/mol. The van der Waals surface area contributed by atoms with Crippen molar-refractivity contribution in [3.8, 4) is 11.3 Å². The van der Waals surface area contributed by atoms with Crippen LogP contribution in [-0.4, -0.2) is 40.9 Å². The Morgan fingerprint density at radius 3 is 2.44 bits per heavy atom. The van der Waals surface area contributed by atoms with Crippen molar-refractivity contribution in [2.24, 2.45) is 5.41 Å². The Bertz CT molecular complexity index is 955. The highest BCUT2D eigenvalue weighted by Crippen LogP contribution is 2.60. The monoisotopic (exact) mass is 362 g/mol. The van der Waals surface area contributed by atoms with Crippen molar-refractivity contribution in [2.75, 3.05) is 6.54 Å². The van der Waals surface area contributed by atoms with E-state index in [0.29, 0.717) is 24.4 Å². The van der Waals surface area contributed by atoms with Crippen LogP contribution in [0.25, 0.3) is 11.3 Å². The molecule has 1 saturated carbocycles. The van der Waals surface area contributed by atoms with E-state index >= 15 is 0 Å². The minimum absolute atomic E-state index is 0.0910. The summed E-state index contributed by atoms with van der Waals surface area (Å²) in [6.07, 6.45) is 2.24. The van der Waals surface area contributed by atoms with E-state index in [2.05, 4.69) is 4.98 Å². The number of hydrogen-bond acceptors (Lipinski definition) is 5. The number of fused-ring (bicyclic) bond motifs is 1. The molecule has 7 nitrogen and oxygen atoms in total. The Hall–Kier alpha value is -2.19. The van der Waals surface area contributed by atoms with Gasteiger partial charge in [0.25, 0.3) is 0 Å². The van der Waals surface area contributed by atoms with Crippen LogP contribution in [0.1, 0.15) is 25.7 Å². The molecule has 2 bridgehead atoms. The van der Waals surface area contributed by atoms with Gasteiger partial charge in [0.05, 0.1) is 4.90 Å². The highest BCUT2D eigenvalue weighted by molar-refractivity contribution is 7.89. The maximum absolute atomic E-state index is 13.0. The summed E-state index contributed by atoms with van der Waals surface area (Å²) in [5.74, 6) is -0.541. The fourth-order valence-electron chi connectivity index (χ4n) is 4.14. The number of hydrogen-bond donors (Lipinski definition) is 1. The molecule has 0 amide bonds. The molecular weight excluding hydrogens is 344 g/mol. The minimum Gasteiger partial charge on any atom is -0.480 e. The fraction of sp³-hybridized carbons (Fsp3) is 0.412. The van der Waals surface area contributed by atoms with E-state index in [4.69, 9.17) is 4.42 Å². The summed E-state index contributed by atoms with van der Waals surface area (Å²) in [4.78, 5) is 16.0. The van der Waals surface area contributed by atoms with Crippen molar-refractivity contribution >= 4 is 16.0 Å². The van der Waals surface area contributed by atoms with E-state index in [9.17, 15) is 18.3 Å². The Labute approximate surface area is 145 Å².